The molecule has 1 N–H and O–H groups in total. The average molecular weight is 480 g/mol. The van der Waals surface area contributed by atoms with Gasteiger partial charge < -0.3 is 10.1 Å². The summed E-state index contributed by atoms with van der Waals surface area (Å²) in [5.74, 6) is 0.362. The highest BCUT2D eigenvalue weighted by molar-refractivity contribution is 8.15. The number of halogens is 1. The molecule has 2 amide bonds. The van der Waals surface area contributed by atoms with Gasteiger partial charge in [0.25, 0.3) is 0 Å². The van der Waals surface area contributed by atoms with E-state index < -0.39 is 5.25 Å². The maximum Gasteiger partial charge on any atom is 0.242 e. The Bertz CT molecular complexity index is 1150. The first-order valence-electron chi connectivity index (χ1n) is 10.3. The Kier molecular flexibility index (Phi) is 7.32. The second-order valence-corrected chi connectivity index (χ2v) is 8.97. The van der Waals surface area contributed by atoms with Crippen molar-refractivity contribution < 1.29 is 14.3 Å². The highest BCUT2D eigenvalue weighted by Crippen LogP contribution is 2.33. The summed E-state index contributed by atoms with van der Waals surface area (Å²) in [7, 11) is 1.61. The van der Waals surface area contributed by atoms with Crippen molar-refractivity contribution in [1.82, 2.24) is 4.90 Å². The summed E-state index contributed by atoms with van der Waals surface area (Å²) in [6.45, 7) is 0.358. The van der Waals surface area contributed by atoms with Gasteiger partial charge in [0.2, 0.25) is 11.8 Å². The summed E-state index contributed by atoms with van der Waals surface area (Å²) in [6, 6.07) is 23.9. The van der Waals surface area contributed by atoms with Crippen LogP contribution in [0.4, 0.5) is 11.4 Å². The number of hydrogen-bond acceptors (Lipinski definition) is 5. The number of rotatable bonds is 7. The first-order valence-corrected chi connectivity index (χ1v) is 11.6. The summed E-state index contributed by atoms with van der Waals surface area (Å²) in [6.07, 6.45) is 0.0407. The number of amides is 2. The molecule has 3 aromatic rings. The van der Waals surface area contributed by atoms with Crippen LogP contribution in [0.1, 0.15) is 12.0 Å². The summed E-state index contributed by atoms with van der Waals surface area (Å²) >= 11 is 7.21. The lowest BCUT2D eigenvalue weighted by Gasteiger charge is -2.17. The molecule has 1 fully saturated rings. The highest BCUT2D eigenvalue weighted by Gasteiger charge is 2.39. The molecule has 0 aromatic heterocycles. The van der Waals surface area contributed by atoms with Crippen molar-refractivity contribution in [3.8, 4) is 5.75 Å². The number of ether oxygens (including phenoxy) is 1. The van der Waals surface area contributed by atoms with E-state index in [0.29, 0.717) is 22.4 Å². The van der Waals surface area contributed by atoms with E-state index in [2.05, 4.69) is 10.3 Å². The Hall–Kier alpha value is -3.29. The first kappa shape index (κ1) is 22.9. The van der Waals surface area contributed by atoms with Crippen molar-refractivity contribution in [3.05, 3.63) is 89.4 Å². The minimum Gasteiger partial charge on any atom is -0.497 e. The van der Waals surface area contributed by atoms with E-state index in [9.17, 15) is 9.59 Å². The van der Waals surface area contributed by atoms with Gasteiger partial charge in [0, 0.05) is 17.1 Å². The molecule has 0 radical (unpaired) electrons. The van der Waals surface area contributed by atoms with Crippen LogP contribution in [-0.2, 0) is 16.1 Å². The molecule has 1 aliphatic heterocycles. The molecular weight excluding hydrogens is 458 g/mol. The van der Waals surface area contributed by atoms with E-state index in [-0.39, 0.29) is 18.2 Å². The molecular formula is C25H22ClN3O3S. The topological polar surface area (TPSA) is 71.0 Å². The lowest BCUT2D eigenvalue weighted by atomic mass is 10.2. The number of methoxy groups -OCH3 is 1. The average Bonchev–Trinajstić information content (AvgIpc) is 3.10. The summed E-state index contributed by atoms with van der Waals surface area (Å²) < 4.78 is 5.22. The van der Waals surface area contributed by atoms with Crippen LogP contribution in [0.15, 0.2) is 83.9 Å². The van der Waals surface area contributed by atoms with Crippen LogP contribution in [0.3, 0.4) is 0 Å². The quantitative estimate of drug-likeness (QED) is 0.485. The van der Waals surface area contributed by atoms with Crippen LogP contribution in [0, 0.1) is 0 Å². The van der Waals surface area contributed by atoms with Crippen molar-refractivity contribution in [3.63, 3.8) is 0 Å². The van der Waals surface area contributed by atoms with Crippen molar-refractivity contribution >= 4 is 51.7 Å². The van der Waals surface area contributed by atoms with Gasteiger partial charge in [-0.1, -0.05) is 53.7 Å². The van der Waals surface area contributed by atoms with Crippen molar-refractivity contribution in [1.29, 1.82) is 0 Å². The maximum atomic E-state index is 13.3. The Morgan fingerprint density at radius 1 is 1.06 bits per heavy atom. The minimum absolute atomic E-state index is 0.0407. The molecule has 0 unspecified atom stereocenters. The fraction of sp³-hybridized carbons (Fsp3) is 0.160. The molecule has 3 aromatic carbocycles. The van der Waals surface area contributed by atoms with E-state index in [1.54, 1.807) is 36.3 Å². The Labute approximate surface area is 201 Å². The van der Waals surface area contributed by atoms with Gasteiger partial charge in [-0.05, 0) is 54.1 Å². The minimum atomic E-state index is -0.557. The fourth-order valence-corrected chi connectivity index (χ4v) is 4.59. The number of nitrogens with one attached hydrogen (secondary N) is 1. The molecule has 1 atom stereocenters. The first-order chi connectivity index (χ1) is 16.0. The predicted molar refractivity (Wildman–Crippen MR) is 133 cm³/mol. The number of aliphatic imine (C=N–C) groups is 1. The van der Waals surface area contributed by atoms with Gasteiger partial charge in [0.1, 0.15) is 11.0 Å². The van der Waals surface area contributed by atoms with E-state index >= 15 is 0 Å². The molecule has 6 nitrogen and oxygen atoms in total. The Balaban J connectivity index is 1.52. The largest absolute Gasteiger partial charge is 0.497 e. The monoisotopic (exact) mass is 479 g/mol. The number of hydrogen-bond donors (Lipinski definition) is 1. The van der Waals surface area contributed by atoms with Crippen LogP contribution in [-0.4, -0.2) is 34.2 Å². The van der Waals surface area contributed by atoms with Crippen molar-refractivity contribution in [2.75, 3.05) is 12.4 Å². The zero-order valence-corrected chi connectivity index (χ0v) is 19.5. The van der Waals surface area contributed by atoms with Gasteiger partial charge in [-0.3, -0.25) is 14.5 Å². The highest BCUT2D eigenvalue weighted by atomic mass is 35.5. The maximum absolute atomic E-state index is 13.3. The number of thioether (sulfide) groups is 1. The standard InChI is InChI=1S/C25H22ClN3O3S/c1-32-21-13-7-17(8-14-21)16-29-24(31)22(33-25(29)28-19-5-3-2-4-6-19)15-23(30)27-20-11-9-18(26)10-12-20/h2-14,22H,15-16H2,1H3,(H,27,30)/t22-/m1/s1. The molecule has 0 bridgehead atoms. The van der Waals surface area contributed by atoms with Gasteiger partial charge in [-0.25, -0.2) is 4.99 Å². The zero-order chi connectivity index (χ0) is 23.2. The van der Waals surface area contributed by atoms with Gasteiger partial charge in [-0.2, -0.15) is 0 Å². The molecule has 8 heteroatoms. The summed E-state index contributed by atoms with van der Waals surface area (Å²) in [5, 5.41) is 3.43. The third-order valence-electron chi connectivity index (χ3n) is 5.00. The van der Waals surface area contributed by atoms with E-state index in [1.807, 2.05) is 54.6 Å². The number of benzene rings is 3. The van der Waals surface area contributed by atoms with Crippen LogP contribution < -0.4 is 10.1 Å². The van der Waals surface area contributed by atoms with Gasteiger partial charge in [0.05, 0.1) is 19.3 Å². The third kappa shape index (κ3) is 5.94. The van der Waals surface area contributed by atoms with E-state index in [4.69, 9.17) is 16.3 Å². The SMILES string of the molecule is COc1ccc(CN2C(=O)[C@@H](CC(=O)Nc3ccc(Cl)cc3)SC2=Nc2ccccc2)cc1. The van der Waals surface area contributed by atoms with E-state index in [1.165, 1.54) is 11.8 Å². The van der Waals surface area contributed by atoms with Crippen LogP contribution in [0.5, 0.6) is 5.75 Å². The molecule has 0 saturated carbocycles. The second kappa shape index (κ2) is 10.6. The van der Waals surface area contributed by atoms with Gasteiger partial charge in [0.15, 0.2) is 5.17 Å². The molecule has 168 valence electrons. The third-order valence-corrected chi connectivity index (χ3v) is 6.43. The van der Waals surface area contributed by atoms with Gasteiger partial charge >= 0.3 is 0 Å². The number of amidine groups is 1. The Morgan fingerprint density at radius 2 is 1.76 bits per heavy atom. The van der Waals surface area contributed by atoms with Crippen LogP contribution >= 0.6 is 23.4 Å². The lowest BCUT2D eigenvalue weighted by molar-refractivity contribution is -0.128. The second-order valence-electron chi connectivity index (χ2n) is 7.37. The summed E-state index contributed by atoms with van der Waals surface area (Å²) in [4.78, 5) is 32.2. The van der Waals surface area contributed by atoms with Crippen molar-refractivity contribution in [2.45, 2.75) is 18.2 Å². The number of anilines is 1. The van der Waals surface area contributed by atoms with Crippen LogP contribution in [0.2, 0.25) is 5.02 Å². The molecule has 1 heterocycles. The number of carbonyl (C=O) groups is 2. The number of para-hydroxylation sites is 1. The molecule has 4 rings (SSSR count). The zero-order valence-electron chi connectivity index (χ0n) is 17.9. The smallest absolute Gasteiger partial charge is 0.242 e. The fourth-order valence-electron chi connectivity index (χ4n) is 3.31. The number of carbonyl (C=O) groups excluding carboxylic acids is 2. The molecule has 1 aliphatic rings. The normalized spacial score (nSPS) is 16.8. The summed E-state index contributed by atoms with van der Waals surface area (Å²) in [5.41, 5.74) is 2.32. The Morgan fingerprint density at radius 3 is 2.42 bits per heavy atom. The van der Waals surface area contributed by atoms with Gasteiger partial charge in [-0.15, -0.1) is 0 Å². The molecule has 33 heavy (non-hydrogen) atoms. The predicted octanol–water partition coefficient (Wildman–Crippen LogP) is 5.51. The van der Waals surface area contributed by atoms with Crippen molar-refractivity contribution in [2.24, 2.45) is 4.99 Å². The molecule has 1 saturated heterocycles. The lowest BCUT2D eigenvalue weighted by Crippen LogP contribution is -2.33. The molecule has 0 spiro atoms. The van der Waals surface area contributed by atoms with Crippen LogP contribution in [0.25, 0.3) is 0 Å². The number of nitrogens with zero attached hydrogens (tertiary/aromatic N) is 2. The van der Waals surface area contributed by atoms with E-state index in [0.717, 1.165) is 17.0 Å². The molecule has 0 aliphatic carbocycles.